The van der Waals surface area contributed by atoms with Crippen LogP contribution in [0.3, 0.4) is 0 Å². The molecule has 0 aliphatic heterocycles. The van der Waals surface area contributed by atoms with Gasteiger partial charge in [0.1, 0.15) is 0 Å². The molecule has 1 aromatic heterocycles. The smallest absolute Gasteiger partial charge is 0.0541 e. The molecular formula is C45H34N2. The molecule has 1 aliphatic rings. The highest BCUT2D eigenvalue weighted by molar-refractivity contribution is 6.10. The van der Waals surface area contributed by atoms with E-state index in [2.05, 4.69) is 187 Å². The zero-order valence-electron chi connectivity index (χ0n) is 26.6. The fourth-order valence-electron chi connectivity index (χ4n) is 7.77. The Morgan fingerprint density at radius 3 is 1.96 bits per heavy atom. The van der Waals surface area contributed by atoms with Gasteiger partial charge in [-0.3, -0.25) is 0 Å². The van der Waals surface area contributed by atoms with Crippen LogP contribution in [0, 0.1) is 6.92 Å². The number of aromatic nitrogens is 1. The Morgan fingerprint density at radius 2 is 1.15 bits per heavy atom. The second kappa shape index (κ2) is 10.9. The lowest BCUT2D eigenvalue weighted by Crippen LogP contribution is -2.10. The number of nitrogens with zero attached hydrogens (tertiary/aromatic N) is 2. The topological polar surface area (TPSA) is 8.17 Å². The second-order valence-electron chi connectivity index (χ2n) is 12.7. The van der Waals surface area contributed by atoms with Gasteiger partial charge in [0.05, 0.1) is 11.0 Å². The normalized spacial score (nSPS) is 13.5. The Bertz CT molecular complexity index is 2420. The van der Waals surface area contributed by atoms with Crippen LogP contribution in [0.25, 0.3) is 49.7 Å². The SMILES string of the molecule is Cc1cccc2c1C(C)c1cc(N(c3ccccc3)c3ccc(-c4ccc5c(c4)c4ccccc4n5-c4ccccc4)cc3)ccc1-2. The maximum absolute atomic E-state index is 2.40. The fourth-order valence-corrected chi connectivity index (χ4v) is 7.77. The third-order valence-electron chi connectivity index (χ3n) is 9.97. The molecule has 224 valence electrons. The molecule has 1 atom stereocenters. The number of hydrogen-bond acceptors (Lipinski definition) is 1. The molecule has 2 nitrogen and oxygen atoms in total. The van der Waals surface area contributed by atoms with E-state index in [1.165, 1.54) is 72.1 Å². The van der Waals surface area contributed by atoms with Gasteiger partial charge in [-0.05, 0) is 113 Å². The number of rotatable bonds is 5. The second-order valence-corrected chi connectivity index (χ2v) is 12.7. The Labute approximate surface area is 275 Å². The quantitative estimate of drug-likeness (QED) is 0.190. The minimum atomic E-state index is 0.365. The molecule has 1 aliphatic carbocycles. The van der Waals surface area contributed by atoms with Crippen molar-refractivity contribution in [1.29, 1.82) is 0 Å². The summed E-state index contributed by atoms with van der Waals surface area (Å²) in [5.74, 6) is 0.365. The van der Waals surface area contributed by atoms with Crippen LogP contribution in [0.2, 0.25) is 0 Å². The molecule has 0 N–H and O–H groups in total. The Balaban J connectivity index is 1.12. The first-order valence-electron chi connectivity index (χ1n) is 16.4. The van der Waals surface area contributed by atoms with Gasteiger partial charge in [-0.1, -0.05) is 104 Å². The lowest BCUT2D eigenvalue weighted by Gasteiger charge is -2.26. The van der Waals surface area contributed by atoms with E-state index < -0.39 is 0 Å². The molecule has 0 amide bonds. The molecule has 47 heavy (non-hydrogen) atoms. The van der Waals surface area contributed by atoms with Gasteiger partial charge in [0.2, 0.25) is 0 Å². The van der Waals surface area contributed by atoms with Crippen LogP contribution in [-0.4, -0.2) is 4.57 Å². The molecule has 0 saturated carbocycles. The van der Waals surface area contributed by atoms with Crippen LogP contribution < -0.4 is 4.90 Å². The van der Waals surface area contributed by atoms with E-state index in [4.69, 9.17) is 0 Å². The number of benzene rings is 7. The number of fused-ring (bicyclic) bond motifs is 6. The predicted octanol–water partition coefficient (Wildman–Crippen LogP) is 12.4. The summed E-state index contributed by atoms with van der Waals surface area (Å²) in [5, 5.41) is 2.53. The van der Waals surface area contributed by atoms with Crippen molar-refractivity contribution in [2.24, 2.45) is 0 Å². The van der Waals surface area contributed by atoms with Crippen molar-refractivity contribution >= 4 is 38.9 Å². The summed E-state index contributed by atoms with van der Waals surface area (Å²) in [5.41, 5.74) is 16.4. The van der Waals surface area contributed by atoms with E-state index >= 15 is 0 Å². The summed E-state index contributed by atoms with van der Waals surface area (Å²) < 4.78 is 2.37. The lowest BCUT2D eigenvalue weighted by atomic mass is 9.95. The molecule has 1 unspecified atom stereocenters. The minimum Gasteiger partial charge on any atom is -0.310 e. The fraction of sp³-hybridized carbons (Fsp3) is 0.0667. The van der Waals surface area contributed by atoms with Crippen LogP contribution in [0.5, 0.6) is 0 Å². The predicted molar refractivity (Wildman–Crippen MR) is 199 cm³/mol. The molecule has 0 fully saturated rings. The summed E-state index contributed by atoms with van der Waals surface area (Å²) in [7, 11) is 0. The Morgan fingerprint density at radius 1 is 0.489 bits per heavy atom. The Kier molecular flexibility index (Phi) is 6.36. The van der Waals surface area contributed by atoms with E-state index in [0.29, 0.717) is 5.92 Å². The average molecular weight is 603 g/mol. The minimum absolute atomic E-state index is 0.365. The van der Waals surface area contributed by atoms with E-state index in [1.807, 2.05) is 0 Å². The molecular weight excluding hydrogens is 569 g/mol. The summed E-state index contributed by atoms with van der Waals surface area (Å²) in [6.07, 6.45) is 0. The van der Waals surface area contributed by atoms with E-state index in [-0.39, 0.29) is 0 Å². The number of para-hydroxylation sites is 3. The van der Waals surface area contributed by atoms with Gasteiger partial charge >= 0.3 is 0 Å². The van der Waals surface area contributed by atoms with Crippen LogP contribution in [-0.2, 0) is 0 Å². The van der Waals surface area contributed by atoms with Gasteiger partial charge in [-0.15, -0.1) is 0 Å². The first-order valence-corrected chi connectivity index (χ1v) is 16.4. The van der Waals surface area contributed by atoms with Gasteiger partial charge in [-0.2, -0.15) is 0 Å². The average Bonchev–Trinajstić information content (AvgIpc) is 3.61. The largest absolute Gasteiger partial charge is 0.310 e. The lowest BCUT2D eigenvalue weighted by molar-refractivity contribution is 0.943. The molecule has 0 saturated heterocycles. The van der Waals surface area contributed by atoms with Crippen LogP contribution in [0.1, 0.15) is 29.5 Å². The summed E-state index contributed by atoms with van der Waals surface area (Å²) in [4.78, 5) is 2.38. The third-order valence-corrected chi connectivity index (χ3v) is 9.97. The highest BCUT2D eigenvalue weighted by Gasteiger charge is 2.28. The Hall–Kier alpha value is -5.86. The molecule has 8 aromatic rings. The number of anilines is 3. The van der Waals surface area contributed by atoms with Crippen LogP contribution >= 0.6 is 0 Å². The molecule has 0 radical (unpaired) electrons. The van der Waals surface area contributed by atoms with Crippen molar-refractivity contribution in [3.05, 3.63) is 180 Å². The van der Waals surface area contributed by atoms with E-state index in [9.17, 15) is 0 Å². The summed E-state index contributed by atoms with van der Waals surface area (Å²) in [6, 6.07) is 59.7. The van der Waals surface area contributed by atoms with Crippen molar-refractivity contribution in [3.63, 3.8) is 0 Å². The monoisotopic (exact) mass is 602 g/mol. The van der Waals surface area contributed by atoms with Crippen molar-refractivity contribution in [2.45, 2.75) is 19.8 Å². The number of aryl methyl sites for hydroxylation is 1. The summed E-state index contributed by atoms with van der Waals surface area (Å²) >= 11 is 0. The van der Waals surface area contributed by atoms with Crippen molar-refractivity contribution in [3.8, 4) is 27.9 Å². The highest BCUT2D eigenvalue weighted by atomic mass is 15.1. The molecule has 0 bridgehead atoms. The summed E-state index contributed by atoms with van der Waals surface area (Å²) in [6.45, 7) is 4.58. The van der Waals surface area contributed by atoms with Crippen LogP contribution in [0.15, 0.2) is 164 Å². The molecule has 9 rings (SSSR count). The zero-order valence-corrected chi connectivity index (χ0v) is 26.6. The van der Waals surface area contributed by atoms with Gasteiger partial charge in [0, 0.05) is 39.4 Å². The molecule has 1 heterocycles. The zero-order chi connectivity index (χ0) is 31.5. The van der Waals surface area contributed by atoms with Gasteiger partial charge in [0.25, 0.3) is 0 Å². The first kappa shape index (κ1) is 27.5. The molecule has 7 aromatic carbocycles. The van der Waals surface area contributed by atoms with Gasteiger partial charge < -0.3 is 9.47 Å². The maximum Gasteiger partial charge on any atom is 0.0541 e. The van der Waals surface area contributed by atoms with Crippen molar-refractivity contribution in [1.82, 2.24) is 4.57 Å². The molecule has 2 heteroatoms. The highest BCUT2D eigenvalue weighted by Crippen LogP contribution is 2.48. The van der Waals surface area contributed by atoms with Crippen molar-refractivity contribution < 1.29 is 0 Å². The standard InChI is InChI=1S/C45H34N2/c1-30-12-11-18-40-38-26-25-37(29-41(38)31(2)45(30)40)46(34-13-5-3-6-14-34)36-23-20-32(21-24-36)33-22-27-44-42(28-33)39-17-9-10-19-43(39)47(44)35-15-7-4-8-16-35/h3-29,31H,1-2H3. The van der Waals surface area contributed by atoms with Crippen LogP contribution in [0.4, 0.5) is 17.1 Å². The third kappa shape index (κ3) is 4.40. The van der Waals surface area contributed by atoms with Crippen molar-refractivity contribution in [2.75, 3.05) is 4.90 Å². The first-order chi connectivity index (χ1) is 23.2. The van der Waals surface area contributed by atoms with Gasteiger partial charge in [-0.25, -0.2) is 0 Å². The molecule has 0 spiro atoms. The van der Waals surface area contributed by atoms with E-state index in [0.717, 1.165) is 11.4 Å². The maximum atomic E-state index is 2.40. The van der Waals surface area contributed by atoms with E-state index in [1.54, 1.807) is 0 Å². The van der Waals surface area contributed by atoms with Gasteiger partial charge in [0.15, 0.2) is 0 Å². The number of hydrogen-bond donors (Lipinski definition) is 0.